The maximum absolute atomic E-state index is 13.1. The molecule has 166 valence electrons. The molecular formula is C19H20Cl2N4O5S. The van der Waals surface area contributed by atoms with Gasteiger partial charge in [0.15, 0.2) is 10.9 Å². The lowest BCUT2D eigenvalue weighted by Crippen LogP contribution is -2.39. The number of thiazole rings is 1. The van der Waals surface area contributed by atoms with Crippen LogP contribution in [-0.2, 0) is 4.74 Å². The Labute approximate surface area is 193 Å². The van der Waals surface area contributed by atoms with E-state index in [1.54, 1.807) is 6.07 Å². The van der Waals surface area contributed by atoms with Crippen LogP contribution in [0.3, 0.4) is 0 Å². The van der Waals surface area contributed by atoms with Gasteiger partial charge >= 0.3 is 5.88 Å². The molecular weight excluding hydrogens is 467 g/mol. The Morgan fingerprint density at radius 3 is 2.74 bits per heavy atom. The third-order valence-electron chi connectivity index (χ3n) is 4.78. The minimum Gasteiger partial charge on any atom is -0.395 e. The van der Waals surface area contributed by atoms with Gasteiger partial charge in [0, 0.05) is 26.2 Å². The number of halogens is 2. The fourth-order valence-electron chi connectivity index (χ4n) is 3.25. The smallest absolute Gasteiger partial charge is 0.395 e. The lowest BCUT2D eigenvalue weighted by molar-refractivity contribution is -0.402. The van der Waals surface area contributed by atoms with Crippen LogP contribution in [0.5, 0.6) is 0 Å². The van der Waals surface area contributed by atoms with E-state index >= 15 is 0 Å². The maximum atomic E-state index is 13.1. The number of furan rings is 1. The van der Waals surface area contributed by atoms with E-state index in [1.165, 1.54) is 28.4 Å². The highest BCUT2D eigenvalue weighted by Gasteiger charge is 2.26. The van der Waals surface area contributed by atoms with E-state index in [4.69, 9.17) is 20.8 Å². The molecule has 9 nitrogen and oxygen atoms in total. The molecule has 1 aliphatic rings. The number of carbonyl (C=O) groups is 1. The van der Waals surface area contributed by atoms with Crippen LogP contribution in [0, 0.1) is 10.1 Å². The normalized spacial score (nSPS) is 14.4. The van der Waals surface area contributed by atoms with Crippen molar-refractivity contribution >= 4 is 62.5 Å². The van der Waals surface area contributed by atoms with Gasteiger partial charge in [-0.05, 0) is 24.6 Å². The summed E-state index contributed by atoms with van der Waals surface area (Å²) in [5.74, 6) is -1.04. The number of morpholine rings is 1. The van der Waals surface area contributed by atoms with Gasteiger partial charge in [0.25, 0.3) is 5.91 Å². The van der Waals surface area contributed by atoms with Crippen molar-refractivity contribution < 1.29 is 18.9 Å². The van der Waals surface area contributed by atoms with Crippen LogP contribution >= 0.6 is 35.3 Å². The van der Waals surface area contributed by atoms with Gasteiger partial charge in [-0.3, -0.25) is 24.7 Å². The number of nitro groups is 1. The summed E-state index contributed by atoms with van der Waals surface area (Å²) in [7, 11) is 0. The van der Waals surface area contributed by atoms with E-state index in [2.05, 4.69) is 9.88 Å². The first-order chi connectivity index (χ1) is 14.5. The van der Waals surface area contributed by atoms with Crippen molar-refractivity contribution in [2.24, 2.45) is 0 Å². The molecule has 1 aliphatic heterocycles. The van der Waals surface area contributed by atoms with Crippen molar-refractivity contribution in [1.82, 2.24) is 9.88 Å². The summed E-state index contributed by atoms with van der Waals surface area (Å²) < 4.78 is 11.4. The summed E-state index contributed by atoms with van der Waals surface area (Å²) in [5, 5.41) is 11.9. The standard InChI is InChI=1S/C19H19ClN4O5S.ClH/c20-13-3-1-4-15-17(13)21-19(30-15)23(8-2-7-22-9-11-28-12-10-22)18(25)14-5-6-16(29-14)24(26)27;/h1,3-6H,2,7-12H2;1H. The Bertz CT molecular complexity index is 1070. The number of benzene rings is 1. The van der Waals surface area contributed by atoms with E-state index < -0.39 is 16.7 Å². The van der Waals surface area contributed by atoms with Gasteiger partial charge in [0.2, 0.25) is 0 Å². The number of nitrogens with zero attached hydrogens (tertiary/aromatic N) is 4. The summed E-state index contributed by atoms with van der Waals surface area (Å²) in [6, 6.07) is 7.95. The van der Waals surface area contributed by atoms with E-state index in [1.807, 2.05) is 12.1 Å². The molecule has 12 heteroatoms. The van der Waals surface area contributed by atoms with Gasteiger partial charge < -0.3 is 9.15 Å². The van der Waals surface area contributed by atoms with Gasteiger partial charge in [0.05, 0.1) is 29.0 Å². The van der Waals surface area contributed by atoms with Gasteiger partial charge in [-0.25, -0.2) is 4.98 Å². The van der Waals surface area contributed by atoms with Crippen molar-refractivity contribution in [2.75, 3.05) is 44.3 Å². The third kappa shape index (κ3) is 5.34. The van der Waals surface area contributed by atoms with Gasteiger partial charge in [0.1, 0.15) is 10.4 Å². The Kier molecular flexibility index (Phi) is 7.84. The summed E-state index contributed by atoms with van der Waals surface area (Å²) in [5.41, 5.74) is 0.621. The molecule has 3 aromatic rings. The Hall–Kier alpha value is -2.24. The molecule has 0 unspecified atom stereocenters. The molecule has 1 saturated heterocycles. The zero-order valence-electron chi connectivity index (χ0n) is 16.4. The van der Waals surface area contributed by atoms with Crippen LogP contribution in [0.25, 0.3) is 10.2 Å². The first-order valence-electron chi connectivity index (χ1n) is 9.44. The molecule has 0 saturated carbocycles. The fraction of sp³-hybridized carbons (Fsp3) is 0.368. The van der Waals surface area contributed by atoms with Crippen molar-refractivity contribution in [2.45, 2.75) is 6.42 Å². The molecule has 4 rings (SSSR count). The van der Waals surface area contributed by atoms with Gasteiger partial charge in [-0.2, -0.15) is 0 Å². The van der Waals surface area contributed by atoms with Crippen molar-refractivity contribution in [3.05, 3.63) is 51.2 Å². The third-order valence-corrected chi connectivity index (χ3v) is 6.13. The Morgan fingerprint density at radius 1 is 1.29 bits per heavy atom. The average molecular weight is 487 g/mol. The van der Waals surface area contributed by atoms with E-state index in [-0.39, 0.29) is 18.2 Å². The number of rotatable bonds is 7. The lowest BCUT2D eigenvalue weighted by Gasteiger charge is -2.27. The van der Waals surface area contributed by atoms with Gasteiger partial charge in [-0.15, -0.1) is 12.4 Å². The number of aromatic nitrogens is 1. The second-order valence-corrected chi connectivity index (χ2v) is 8.16. The summed E-state index contributed by atoms with van der Waals surface area (Å²) in [6.07, 6.45) is 0.707. The molecule has 0 atom stereocenters. The quantitative estimate of drug-likeness (QED) is 0.363. The first-order valence-corrected chi connectivity index (χ1v) is 10.6. The second kappa shape index (κ2) is 10.4. The van der Waals surface area contributed by atoms with E-state index in [0.29, 0.717) is 41.9 Å². The molecule has 0 aliphatic carbocycles. The minimum absolute atomic E-state index is 0. The summed E-state index contributed by atoms with van der Waals surface area (Å²) in [6.45, 7) is 4.31. The van der Waals surface area contributed by atoms with Crippen molar-refractivity contribution in [3.8, 4) is 0 Å². The fourth-order valence-corrected chi connectivity index (χ4v) is 4.54. The number of hydrogen-bond donors (Lipinski definition) is 0. The molecule has 2 aromatic heterocycles. The lowest BCUT2D eigenvalue weighted by atomic mass is 10.3. The zero-order chi connectivity index (χ0) is 21.1. The molecule has 31 heavy (non-hydrogen) atoms. The number of carbonyl (C=O) groups excluding carboxylic acids is 1. The largest absolute Gasteiger partial charge is 0.433 e. The van der Waals surface area contributed by atoms with E-state index in [9.17, 15) is 14.9 Å². The van der Waals surface area contributed by atoms with E-state index in [0.717, 1.165) is 24.3 Å². The van der Waals surface area contributed by atoms with Gasteiger partial charge in [-0.1, -0.05) is 29.0 Å². The number of anilines is 1. The van der Waals surface area contributed by atoms with Crippen LogP contribution < -0.4 is 4.90 Å². The molecule has 1 aromatic carbocycles. The summed E-state index contributed by atoms with van der Waals surface area (Å²) in [4.78, 5) is 31.7. The Morgan fingerprint density at radius 2 is 2.06 bits per heavy atom. The predicted octanol–water partition coefficient (Wildman–Crippen LogP) is 4.24. The molecule has 0 spiro atoms. The Balaban J connectivity index is 0.00000272. The molecule has 0 N–H and O–H groups in total. The number of ether oxygens (including phenoxy) is 1. The van der Waals surface area contributed by atoms with Crippen LogP contribution in [0.2, 0.25) is 5.02 Å². The van der Waals surface area contributed by atoms with Crippen LogP contribution in [-0.4, -0.2) is 60.1 Å². The number of para-hydroxylation sites is 1. The molecule has 1 fully saturated rings. The average Bonchev–Trinajstić information content (AvgIpc) is 3.40. The maximum Gasteiger partial charge on any atom is 0.433 e. The highest BCUT2D eigenvalue weighted by Crippen LogP contribution is 2.34. The number of fused-ring (bicyclic) bond motifs is 1. The monoisotopic (exact) mass is 486 g/mol. The topological polar surface area (TPSA) is 102 Å². The zero-order valence-corrected chi connectivity index (χ0v) is 18.7. The number of amides is 1. The van der Waals surface area contributed by atoms with Crippen molar-refractivity contribution in [3.63, 3.8) is 0 Å². The second-order valence-electron chi connectivity index (χ2n) is 6.74. The van der Waals surface area contributed by atoms with Crippen LogP contribution in [0.4, 0.5) is 11.0 Å². The molecule has 0 radical (unpaired) electrons. The van der Waals surface area contributed by atoms with Crippen LogP contribution in [0.1, 0.15) is 17.0 Å². The highest BCUT2D eigenvalue weighted by atomic mass is 35.5. The summed E-state index contributed by atoms with van der Waals surface area (Å²) >= 11 is 7.59. The van der Waals surface area contributed by atoms with Crippen molar-refractivity contribution in [1.29, 1.82) is 0 Å². The first kappa shape index (κ1) is 23.4. The molecule has 3 heterocycles. The minimum atomic E-state index is -0.670. The predicted molar refractivity (Wildman–Crippen MR) is 121 cm³/mol. The highest BCUT2D eigenvalue weighted by molar-refractivity contribution is 7.22. The molecule has 1 amide bonds. The van der Waals surface area contributed by atoms with Crippen LogP contribution in [0.15, 0.2) is 34.7 Å². The molecule has 0 bridgehead atoms. The SMILES string of the molecule is Cl.O=C(c1ccc([N+](=O)[O-])o1)N(CCCN1CCOCC1)c1nc2c(Cl)cccc2s1. The number of hydrogen-bond acceptors (Lipinski definition) is 8.